The van der Waals surface area contributed by atoms with Crippen LogP contribution in [0, 0.1) is 18.6 Å². The molecule has 4 aromatic rings. The van der Waals surface area contributed by atoms with Crippen molar-refractivity contribution in [1.82, 2.24) is 0 Å². The van der Waals surface area contributed by atoms with E-state index in [1.807, 2.05) is 6.07 Å². The van der Waals surface area contributed by atoms with E-state index in [9.17, 15) is 13.6 Å². The third-order valence-corrected chi connectivity index (χ3v) is 4.86. The van der Waals surface area contributed by atoms with Crippen molar-refractivity contribution in [3.8, 4) is 16.9 Å². The van der Waals surface area contributed by atoms with Crippen LogP contribution in [0.25, 0.3) is 22.1 Å². The molecule has 146 valence electrons. The standard InChI is InChI=1S/C23H15ClF2O3/c1-13-11-29-22-18(10-19(25)21(26)20(13)22)15-5-7-17(8-6-15)28-12-14-3-2-4-16(9-14)23(24)27/h2-11H,12H2,1H3. The lowest BCUT2D eigenvalue weighted by atomic mass is 10.0. The van der Waals surface area contributed by atoms with Crippen LogP contribution in [0.1, 0.15) is 21.5 Å². The van der Waals surface area contributed by atoms with Crippen molar-refractivity contribution in [3.63, 3.8) is 0 Å². The van der Waals surface area contributed by atoms with Crippen molar-refractivity contribution < 1.29 is 22.7 Å². The van der Waals surface area contributed by atoms with E-state index in [-0.39, 0.29) is 12.0 Å². The second-order valence-electron chi connectivity index (χ2n) is 6.63. The molecule has 0 aliphatic heterocycles. The fraction of sp³-hybridized carbons (Fsp3) is 0.0870. The summed E-state index contributed by atoms with van der Waals surface area (Å²) in [7, 11) is 0. The molecule has 0 fully saturated rings. The van der Waals surface area contributed by atoms with Crippen LogP contribution in [-0.2, 0) is 6.61 Å². The van der Waals surface area contributed by atoms with Gasteiger partial charge in [-0.3, -0.25) is 4.79 Å². The van der Waals surface area contributed by atoms with Crippen molar-refractivity contribution in [2.75, 3.05) is 0 Å². The van der Waals surface area contributed by atoms with Crippen molar-refractivity contribution in [2.45, 2.75) is 13.5 Å². The number of aryl methyl sites for hydroxylation is 1. The minimum absolute atomic E-state index is 0.147. The molecule has 0 amide bonds. The summed E-state index contributed by atoms with van der Waals surface area (Å²) in [5.74, 6) is -1.25. The maximum atomic E-state index is 14.1. The molecule has 0 unspecified atom stereocenters. The number of carbonyl (C=O) groups excluding carboxylic acids is 1. The molecule has 6 heteroatoms. The van der Waals surface area contributed by atoms with E-state index in [0.717, 1.165) is 11.6 Å². The highest BCUT2D eigenvalue weighted by molar-refractivity contribution is 6.67. The van der Waals surface area contributed by atoms with Gasteiger partial charge in [0.25, 0.3) is 5.24 Å². The molecule has 3 aromatic carbocycles. The van der Waals surface area contributed by atoms with Gasteiger partial charge in [0.05, 0.1) is 11.6 Å². The third-order valence-electron chi connectivity index (χ3n) is 4.64. The van der Waals surface area contributed by atoms with E-state index in [1.165, 1.54) is 6.26 Å². The Morgan fingerprint density at radius 3 is 2.59 bits per heavy atom. The zero-order valence-electron chi connectivity index (χ0n) is 15.3. The maximum absolute atomic E-state index is 14.1. The van der Waals surface area contributed by atoms with Gasteiger partial charge in [-0.05, 0) is 59.5 Å². The van der Waals surface area contributed by atoms with Crippen LogP contribution in [0.2, 0.25) is 0 Å². The van der Waals surface area contributed by atoms with Crippen molar-refractivity contribution in [1.29, 1.82) is 0 Å². The minimum Gasteiger partial charge on any atom is -0.489 e. The maximum Gasteiger partial charge on any atom is 0.252 e. The highest BCUT2D eigenvalue weighted by Crippen LogP contribution is 2.35. The van der Waals surface area contributed by atoms with E-state index < -0.39 is 16.9 Å². The molecule has 0 saturated carbocycles. The lowest BCUT2D eigenvalue weighted by Gasteiger charge is -2.09. The van der Waals surface area contributed by atoms with Crippen LogP contribution in [0.3, 0.4) is 0 Å². The molecule has 0 aliphatic carbocycles. The Hall–Kier alpha value is -3.18. The molecule has 29 heavy (non-hydrogen) atoms. The molecule has 0 spiro atoms. The Kier molecular flexibility index (Phi) is 5.07. The van der Waals surface area contributed by atoms with E-state index in [0.29, 0.717) is 33.6 Å². The average molecular weight is 413 g/mol. The van der Waals surface area contributed by atoms with Crippen LogP contribution in [0.5, 0.6) is 5.75 Å². The number of hydrogen-bond donors (Lipinski definition) is 0. The van der Waals surface area contributed by atoms with Crippen LogP contribution in [0.4, 0.5) is 8.78 Å². The van der Waals surface area contributed by atoms with Crippen LogP contribution in [-0.4, -0.2) is 5.24 Å². The molecule has 3 nitrogen and oxygen atoms in total. The Balaban J connectivity index is 1.58. The lowest BCUT2D eigenvalue weighted by Crippen LogP contribution is -1.97. The lowest BCUT2D eigenvalue weighted by molar-refractivity contribution is 0.108. The summed E-state index contributed by atoms with van der Waals surface area (Å²) in [4.78, 5) is 11.3. The summed E-state index contributed by atoms with van der Waals surface area (Å²) in [5, 5.41) is -0.378. The van der Waals surface area contributed by atoms with Gasteiger partial charge in [0.1, 0.15) is 17.9 Å². The van der Waals surface area contributed by atoms with Gasteiger partial charge in [-0.2, -0.15) is 0 Å². The molecule has 0 bridgehead atoms. The number of hydrogen-bond acceptors (Lipinski definition) is 3. The Labute approximate surface area is 170 Å². The van der Waals surface area contributed by atoms with Gasteiger partial charge in [-0.25, -0.2) is 8.78 Å². The second kappa shape index (κ2) is 7.68. The van der Waals surface area contributed by atoms with Crippen molar-refractivity contribution >= 4 is 27.8 Å². The van der Waals surface area contributed by atoms with Gasteiger partial charge in [-0.1, -0.05) is 30.3 Å². The first-order chi connectivity index (χ1) is 13.9. The molecule has 4 rings (SSSR count). The van der Waals surface area contributed by atoms with E-state index >= 15 is 0 Å². The smallest absolute Gasteiger partial charge is 0.252 e. The van der Waals surface area contributed by atoms with Gasteiger partial charge in [-0.15, -0.1) is 0 Å². The summed E-state index contributed by atoms with van der Waals surface area (Å²) >= 11 is 5.49. The van der Waals surface area contributed by atoms with E-state index in [1.54, 1.807) is 49.4 Å². The largest absolute Gasteiger partial charge is 0.489 e. The topological polar surface area (TPSA) is 39.4 Å². The molecule has 0 aliphatic rings. The van der Waals surface area contributed by atoms with Gasteiger partial charge < -0.3 is 9.15 Å². The van der Waals surface area contributed by atoms with Crippen LogP contribution in [0.15, 0.2) is 65.3 Å². The zero-order valence-corrected chi connectivity index (χ0v) is 16.1. The van der Waals surface area contributed by atoms with Gasteiger partial charge in [0.2, 0.25) is 0 Å². The zero-order chi connectivity index (χ0) is 20.5. The average Bonchev–Trinajstić information content (AvgIpc) is 3.11. The van der Waals surface area contributed by atoms with E-state index in [2.05, 4.69) is 0 Å². The fourth-order valence-electron chi connectivity index (χ4n) is 3.19. The number of benzene rings is 3. The van der Waals surface area contributed by atoms with Crippen LogP contribution >= 0.6 is 11.6 Å². The van der Waals surface area contributed by atoms with Crippen molar-refractivity contribution in [3.05, 3.63) is 89.2 Å². The van der Waals surface area contributed by atoms with Crippen molar-refractivity contribution in [2.24, 2.45) is 0 Å². The Morgan fingerprint density at radius 2 is 1.86 bits per heavy atom. The summed E-state index contributed by atoms with van der Waals surface area (Å²) in [6.07, 6.45) is 1.41. The first-order valence-electron chi connectivity index (χ1n) is 8.82. The summed E-state index contributed by atoms with van der Waals surface area (Å²) < 4.78 is 39.4. The molecule has 1 aromatic heterocycles. The SMILES string of the molecule is Cc1coc2c(-c3ccc(OCc4cccc(C(=O)Cl)c4)cc3)cc(F)c(F)c12. The molecule has 0 atom stereocenters. The quantitative estimate of drug-likeness (QED) is 0.345. The molecular formula is C23H15ClF2O3. The molecule has 0 radical (unpaired) electrons. The molecule has 1 heterocycles. The first-order valence-corrected chi connectivity index (χ1v) is 9.19. The van der Waals surface area contributed by atoms with Crippen LogP contribution < -0.4 is 4.74 Å². The Bertz CT molecular complexity index is 1210. The number of carbonyl (C=O) groups is 1. The fourth-order valence-corrected chi connectivity index (χ4v) is 3.30. The Morgan fingerprint density at radius 1 is 1.10 bits per heavy atom. The third kappa shape index (κ3) is 3.74. The predicted octanol–water partition coefficient (Wildman–Crippen LogP) is 6.64. The van der Waals surface area contributed by atoms with Gasteiger partial charge in [0.15, 0.2) is 11.6 Å². The highest BCUT2D eigenvalue weighted by Gasteiger charge is 2.18. The minimum atomic E-state index is -0.925. The van der Waals surface area contributed by atoms with E-state index in [4.69, 9.17) is 20.8 Å². The number of fused-ring (bicyclic) bond motifs is 1. The van der Waals surface area contributed by atoms with Gasteiger partial charge >= 0.3 is 0 Å². The normalized spacial score (nSPS) is 11.0. The monoisotopic (exact) mass is 412 g/mol. The second-order valence-corrected chi connectivity index (χ2v) is 6.97. The molecular weight excluding hydrogens is 398 g/mol. The molecule has 0 saturated heterocycles. The summed E-state index contributed by atoms with van der Waals surface area (Å²) in [5.41, 5.74) is 3.18. The number of halogens is 3. The first kappa shape index (κ1) is 19.2. The summed E-state index contributed by atoms with van der Waals surface area (Å²) in [6.45, 7) is 1.92. The molecule has 0 N–H and O–H groups in total. The number of rotatable bonds is 5. The number of furan rings is 1. The number of ether oxygens (including phenoxy) is 1. The van der Waals surface area contributed by atoms with Gasteiger partial charge in [0, 0.05) is 11.1 Å². The highest BCUT2D eigenvalue weighted by atomic mass is 35.5. The summed E-state index contributed by atoms with van der Waals surface area (Å²) in [6, 6.07) is 14.9. The predicted molar refractivity (Wildman–Crippen MR) is 107 cm³/mol.